The molecule has 3 heteroatoms. The lowest BCUT2D eigenvalue weighted by Crippen LogP contribution is -1.96. The first-order valence-corrected chi connectivity index (χ1v) is 5.51. The van der Waals surface area contributed by atoms with Gasteiger partial charge in [-0.3, -0.25) is 0 Å². The Morgan fingerprint density at radius 1 is 1.33 bits per heavy atom. The summed E-state index contributed by atoms with van der Waals surface area (Å²) in [5.41, 5.74) is 1.82. The van der Waals surface area contributed by atoms with Crippen LogP contribution in [0.5, 0.6) is 0 Å². The average Bonchev–Trinajstić information content (AvgIpc) is 2.28. The zero-order chi connectivity index (χ0) is 10.8. The van der Waals surface area contributed by atoms with Gasteiger partial charge in [-0.2, -0.15) is 0 Å². The van der Waals surface area contributed by atoms with E-state index in [0.717, 1.165) is 23.1 Å². The Kier molecular flexibility index (Phi) is 2.87. The molecule has 78 valence electrons. The maximum atomic E-state index is 6.04. The first-order valence-electron chi connectivity index (χ1n) is 5.13. The molecule has 0 aliphatic heterocycles. The van der Waals surface area contributed by atoms with Crippen molar-refractivity contribution in [2.45, 2.75) is 26.2 Å². The van der Waals surface area contributed by atoms with Crippen LogP contribution in [-0.4, -0.2) is 9.97 Å². The van der Waals surface area contributed by atoms with Gasteiger partial charge in [-0.15, -0.1) is 0 Å². The molecule has 0 aliphatic carbocycles. The van der Waals surface area contributed by atoms with Crippen LogP contribution in [0.2, 0.25) is 5.02 Å². The van der Waals surface area contributed by atoms with E-state index in [1.54, 1.807) is 12.3 Å². The fourth-order valence-corrected chi connectivity index (χ4v) is 1.70. The Bertz CT molecular complexity index is 482. The number of aromatic nitrogens is 2. The zero-order valence-corrected chi connectivity index (χ0v) is 9.62. The van der Waals surface area contributed by atoms with Crippen LogP contribution in [0, 0.1) is 0 Å². The summed E-state index contributed by atoms with van der Waals surface area (Å²) in [5.74, 6) is 0.468. The Morgan fingerprint density at radius 2 is 2.13 bits per heavy atom. The van der Waals surface area contributed by atoms with Crippen LogP contribution in [-0.2, 0) is 0 Å². The minimum atomic E-state index is 0.468. The lowest BCUT2D eigenvalue weighted by molar-refractivity contribution is 0.711. The minimum Gasteiger partial charge on any atom is -0.237 e. The van der Waals surface area contributed by atoms with Crippen LogP contribution in [0.4, 0.5) is 0 Å². The van der Waals surface area contributed by atoms with Gasteiger partial charge in [-0.05, 0) is 30.5 Å². The molecule has 2 aromatic heterocycles. The van der Waals surface area contributed by atoms with Crippen molar-refractivity contribution in [3.8, 4) is 0 Å². The van der Waals surface area contributed by atoms with Crippen molar-refractivity contribution < 1.29 is 0 Å². The molecule has 0 aromatic carbocycles. The van der Waals surface area contributed by atoms with Gasteiger partial charge in [0.05, 0.1) is 5.02 Å². The molecule has 0 amide bonds. The average molecular weight is 221 g/mol. The summed E-state index contributed by atoms with van der Waals surface area (Å²) in [6.07, 6.45) is 2.77. The maximum absolute atomic E-state index is 6.04. The Morgan fingerprint density at radius 3 is 2.87 bits per heavy atom. The van der Waals surface area contributed by atoms with Crippen LogP contribution in [0.1, 0.15) is 31.9 Å². The highest BCUT2D eigenvalue weighted by Gasteiger charge is 2.07. The molecule has 0 radical (unpaired) electrons. The summed E-state index contributed by atoms with van der Waals surface area (Å²) in [6, 6.07) is 5.82. The third kappa shape index (κ3) is 1.95. The van der Waals surface area contributed by atoms with Gasteiger partial charge in [0, 0.05) is 17.3 Å². The molecule has 2 heterocycles. The van der Waals surface area contributed by atoms with E-state index >= 15 is 0 Å². The van der Waals surface area contributed by atoms with Crippen molar-refractivity contribution in [1.82, 2.24) is 9.97 Å². The largest absolute Gasteiger partial charge is 0.237 e. The van der Waals surface area contributed by atoms with E-state index in [4.69, 9.17) is 11.6 Å². The van der Waals surface area contributed by atoms with Crippen LogP contribution in [0.3, 0.4) is 0 Å². The summed E-state index contributed by atoms with van der Waals surface area (Å²) in [7, 11) is 0. The van der Waals surface area contributed by atoms with Gasteiger partial charge in [0.2, 0.25) is 0 Å². The standard InChI is InChI=1S/C12H13ClN2/c1-3-8(2)11-5-4-9-10(13)6-7-14-12(9)15-11/h4-8H,3H2,1-2H3. The van der Waals surface area contributed by atoms with Gasteiger partial charge in [0.1, 0.15) is 0 Å². The Balaban J connectivity index is 2.57. The molecule has 0 N–H and O–H groups in total. The molecule has 1 unspecified atom stereocenters. The second-order valence-corrected chi connectivity index (χ2v) is 4.12. The van der Waals surface area contributed by atoms with Crippen LogP contribution >= 0.6 is 11.6 Å². The fraction of sp³-hybridized carbons (Fsp3) is 0.333. The highest BCUT2D eigenvalue weighted by atomic mass is 35.5. The van der Waals surface area contributed by atoms with Crippen molar-refractivity contribution in [2.24, 2.45) is 0 Å². The third-order valence-electron chi connectivity index (χ3n) is 2.69. The predicted octanol–water partition coefficient (Wildman–Crippen LogP) is 3.80. The smallest absolute Gasteiger partial charge is 0.160 e. The summed E-state index contributed by atoms with van der Waals surface area (Å²) in [5, 5.41) is 1.63. The summed E-state index contributed by atoms with van der Waals surface area (Å²) < 4.78 is 0. The number of hydrogen-bond donors (Lipinski definition) is 0. The van der Waals surface area contributed by atoms with Gasteiger partial charge >= 0.3 is 0 Å². The lowest BCUT2D eigenvalue weighted by atomic mass is 10.0. The second-order valence-electron chi connectivity index (χ2n) is 3.71. The molecule has 0 bridgehead atoms. The van der Waals surface area contributed by atoms with Gasteiger partial charge in [0.25, 0.3) is 0 Å². The van der Waals surface area contributed by atoms with Crippen molar-refractivity contribution in [2.75, 3.05) is 0 Å². The molecule has 0 saturated carbocycles. The molecular formula is C12H13ClN2. The van der Waals surface area contributed by atoms with E-state index in [2.05, 4.69) is 23.8 Å². The van der Waals surface area contributed by atoms with Crippen molar-refractivity contribution in [3.05, 3.63) is 35.1 Å². The quantitative estimate of drug-likeness (QED) is 0.770. The fourth-order valence-electron chi connectivity index (χ4n) is 1.49. The second kappa shape index (κ2) is 4.15. The van der Waals surface area contributed by atoms with E-state index in [-0.39, 0.29) is 0 Å². The van der Waals surface area contributed by atoms with Crippen LogP contribution in [0.25, 0.3) is 11.0 Å². The topological polar surface area (TPSA) is 25.8 Å². The van der Waals surface area contributed by atoms with E-state index in [9.17, 15) is 0 Å². The molecule has 2 aromatic rings. The van der Waals surface area contributed by atoms with Crippen molar-refractivity contribution >= 4 is 22.6 Å². The van der Waals surface area contributed by atoms with Gasteiger partial charge < -0.3 is 0 Å². The highest BCUT2D eigenvalue weighted by Crippen LogP contribution is 2.23. The first-order chi connectivity index (χ1) is 7.22. The first kappa shape index (κ1) is 10.4. The molecule has 15 heavy (non-hydrogen) atoms. The lowest BCUT2D eigenvalue weighted by Gasteiger charge is -2.08. The number of fused-ring (bicyclic) bond motifs is 1. The summed E-state index contributed by atoms with van der Waals surface area (Å²) >= 11 is 6.04. The van der Waals surface area contributed by atoms with Crippen LogP contribution < -0.4 is 0 Å². The van der Waals surface area contributed by atoms with E-state index in [0.29, 0.717) is 10.9 Å². The number of pyridine rings is 2. The third-order valence-corrected chi connectivity index (χ3v) is 3.02. The number of hydrogen-bond acceptors (Lipinski definition) is 2. The minimum absolute atomic E-state index is 0.468. The molecule has 2 rings (SSSR count). The van der Waals surface area contributed by atoms with E-state index in [1.165, 1.54) is 0 Å². The highest BCUT2D eigenvalue weighted by molar-refractivity contribution is 6.35. The number of rotatable bonds is 2. The Hall–Kier alpha value is -1.15. The zero-order valence-electron chi connectivity index (χ0n) is 8.87. The monoisotopic (exact) mass is 220 g/mol. The van der Waals surface area contributed by atoms with Gasteiger partial charge in [0.15, 0.2) is 5.65 Å². The molecular weight excluding hydrogens is 208 g/mol. The number of nitrogens with zero attached hydrogens (tertiary/aromatic N) is 2. The molecule has 2 nitrogen and oxygen atoms in total. The van der Waals surface area contributed by atoms with Crippen molar-refractivity contribution in [3.63, 3.8) is 0 Å². The molecule has 0 aliphatic rings. The molecule has 0 fully saturated rings. The molecule has 0 spiro atoms. The number of halogens is 1. The molecule has 1 atom stereocenters. The van der Waals surface area contributed by atoms with Crippen LogP contribution in [0.15, 0.2) is 24.4 Å². The maximum Gasteiger partial charge on any atom is 0.160 e. The van der Waals surface area contributed by atoms with Gasteiger partial charge in [-0.25, -0.2) is 9.97 Å². The summed E-state index contributed by atoms with van der Waals surface area (Å²) in [6.45, 7) is 4.32. The molecule has 0 saturated heterocycles. The Labute approximate surface area is 94.3 Å². The normalized spacial score (nSPS) is 13.0. The van der Waals surface area contributed by atoms with Gasteiger partial charge in [-0.1, -0.05) is 25.4 Å². The van der Waals surface area contributed by atoms with E-state index in [1.807, 2.05) is 12.1 Å². The predicted molar refractivity (Wildman–Crippen MR) is 63.3 cm³/mol. The summed E-state index contributed by atoms with van der Waals surface area (Å²) in [4.78, 5) is 8.74. The van der Waals surface area contributed by atoms with Crippen molar-refractivity contribution in [1.29, 1.82) is 0 Å². The SMILES string of the molecule is CCC(C)c1ccc2c(Cl)ccnc2n1. The van der Waals surface area contributed by atoms with E-state index < -0.39 is 0 Å².